The van der Waals surface area contributed by atoms with Crippen LogP contribution in [0.25, 0.3) is 0 Å². The molecule has 0 amide bonds. The van der Waals surface area contributed by atoms with Gasteiger partial charge in [0.25, 0.3) is 0 Å². The van der Waals surface area contributed by atoms with Gasteiger partial charge >= 0.3 is 0 Å². The summed E-state index contributed by atoms with van der Waals surface area (Å²) in [4.78, 5) is 0. The molecule has 0 aromatic rings. The van der Waals surface area contributed by atoms with Crippen LogP contribution in [0, 0.1) is 5.41 Å². The second kappa shape index (κ2) is 18.2. The molecule has 1 heteroatoms. The van der Waals surface area contributed by atoms with E-state index < -0.39 is 0 Å². The van der Waals surface area contributed by atoms with Gasteiger partial charge in [-0.1, -0.05) is 151 Å². The topological polar surface area (TPSA) is 20.2 Å². The third kappa shape index (κ3) is 14.5. The fraction of sp³-hybridized carbons (Fsp3) is 0.351. The lowest BCUT2D eigenvalue weighted by Crippen LogP contribution is -2.19. The number of allylic oxidation sites excluding steroid dienone is 23. The summed E-state index contributed by atoms with van der Waals surface area (Å²) in [5.41, 5.74) is 9.28. The first-order valence-electron chi connectivity index (χ1n) is 13.8. The summed E-state index contributed by atoms with van der Waals surface area (Å²) in [5, 5.41) is 8.81. The molecule has 0 aromatic carbocycles. The van der Waals surface area contributed by atoms with Crippen molar-refractivity contribution in [3.05, 3.63) is 142 Å². The number of hydrogen-bond donors (Lipinski definition) is 1. The van der Waals surface area contributed by atoms with Gasteiger partial charge in [-0.15, -0.1) is 0 Å². The molecular weight excluding hydrogens is 460 g/mol. The molecule has 1 rings (SSSR count). The van der Waals surface area contributed by atoms with E-state index in [1.54, 1.807) is 6.08 Å². The molecule has 1 aliphatic rings. The highest BCUT2D eigenvalue weighted by Crippen LogP contribution is 2.40. The summed E-state index contributed by atoms with van der Waals surface area (Å²) in [6.45, 7) is 17.6. The maximum atomic E-state index is 8.81. The van der Waals surface area contributed by atoms with Crippen molar-refractivity contribution in [1.29, 1.82) is 0 Å². The van der Waals surface area contributed by atoms with Crippen LogP contribution in [0.15, 0.2) is 142 Å². The minimum absolute atomic E-state index is 0.0700. The molecule has 0 saturated carbocycles. The molecule has 1 aliphatic carbocycles. The van der Waals surface area contributed by atoms with Crippen molar-refractivity contribution >= 4 is 0 Å². The Kier molecular flexibility index (Phi) is 15.7. The molecule has 1 nitrogen and oxygen atoms in total. The lowest BCUT2D eigenvalue weighted by atomic mass is 9.72. The van der Waals surface area contributed by atoms with Crippen molar-refractivity contribution in [2.45, 2.75) is 74.7 Å². The SMILES string of the molecule is CC(C=CC=C(C)C=CC=C(C)C=CCO)=CC=CC=C(C)C=CC=C(C)C=CC1=C(C)CCCC1(C)C. The molecule has 0 saturated heterocycles. The molecule has 0 aliphatic heterocycles. The zero-order valence-electron chi connectivity index (χ0n) is 25.1. The Balaban J connectivity index is 2.61. The molecule has 0 spiro atoms. The molecule has 38 heavy (non-hydrogen) atoms. The monoisotopic (exact) mass is 510 g/mol. The van der Waals surface area contributed by atoms with Crippen LogP contribution in [-0.2, 0) is 0 Å². The van der Waals surface area contributed by atoms with Crippen LogP contribution in [-0.4, -0.2) is 11.7 Å². The van der Waals surface area contributed by atoms with Gasteiger partial charge in [0.1, 0.15) is 0 Å². The summed E-state index contributed by atoms with van der Waals surface area (Å²) in [7, 11) is 0. The number of aliphatic hydroxyl groups excluding tert-OH is 1. The molecule has 0 aromatic heterocycles. The van der Waals surface area contributed by atoms with Gasteiger partial charge in [0.05, 0.1) is 6.61 Å². The van der Waals surface area contributed by atoms with Crippen LogP contribution in [0.4, 0.5) is 0 Å². The first-order valence-corrected chi connectivity index (χ1v) is 13.8. The molecule has 0 fully saturated rings. The Hall–Kier alpha value is -3.16. The lowest BCUT2D eigenvalue weighted by molar-refractivity contribution is 0.342. The van der Waals surface area contributed by atoms with Crippen LogP contribution < -0.4 is 0 Å². The van der Waals surface area contributed by atoms with E-state index in [1.165, 1.54) is 52.7 Å². The third-order valence-corrected chi connectivity index (χ3v) is 6.53. The maximum Gasteiger partial charge on any atom is 0.0615 e. The Morgan fingerprint density at radius 1 is 0.658 bits per heavy atom. The second-order valence-electron chi connectivity index (χ2n) is 10.9. The van der Waals surface area contributed by atoms with Gasteiger partial charge in [0, 0.05) is 0 Å². The third-order valence-electron chi connectivity index (χ3n) is 6.53. The van der Waals surface area contributed by atoms with E-state index >= 15 is 0 Å². The summed E-state index contributed by atoms with van der Waals surface area (Å²) in [6.07, 6.45) is 39.3. The zero-order valence-corrected chi connectivity index (χ0v) is 25.1. The fourth-order valence-electron chi connectivity index (χ4n) is 4.21. The molecular formula is C37H50O. The van der Waals surface area contributed by atoms with Crippen LogP contribution >= 0.6 is 0 Å². The highest BCUT2D eigenvalue weighted by atomic mass is 16.2. The van der Waals surface area contributed by atoms with Gasteiger partial charge in [0.2, 0.25) is 0 Å². The predicted octanol–water partition coefficient (Wildman–Crippen LogP) is 10.6. The maximum absolute atomic E-state index is 8.81. The molecule has 0 unspecified atom stereocenters. The van der Waals surface area contributed by atoms with Crippen LogP contribution in [0.3, 0.4) is 0 Å². The standard InChI is InChI=1S/C37H50O/c1-30(18-11-20-32(3)21-12-22-33(4)24-15-29-38)16-9-10-17-31(2)19-13-23-34(5)26-27-36-35(6)25-14-28-37(36,7)8/h9-13,15-24,26-27,38H,14,25,28-29H2,1-8H3. The van der Waals surface area contributed by atoms with Gasteiger partial charge in [0.15, 0.2) is 0 Å². The van der Waals surface area contributed by atoms with Crippen molar-refractivity contribution < 1.29 is 5.11 Å². The van der Waals surface area contributed by atoms with Gasteiger partial charge in [-0.2, -0.15) is 0 Å². The van der Waals surface area contributed by atoms with E-state index in [0.29, 0.717) is 0 Å². The summed E-state index contributed by atoms with van der Waals surface area (Å²) < 4.78 is 0. The molecule has 1 N–H and O–H groups in total. The summed E-state index contributed by atoms with van der Waals surface area (Å²) in [5.74, 6) is 0. The van der Waals surface area contributed by atoms with Crippen molar-refractivity contribution in [2.24, 2.45) is 5.41 Å². The lowest BCUT2D eigenvalue weighted by Gasteiger charge is -2.32. The van der Waals surface area contributed by atoms with E-state index in [4.69, 9.17) is 5.11 Å². The molecule has 0 heterocycles. The van der Waals surface area contributed by atoms with Gasteiger partial charge in [-0.25, -0.2) is 0 Å². The zero-order chi connectivity index (χ0) is 28.4. The first kappa shape index (κ1) is 32.9. The van der Waals surface area contributed by atoms with Gasteiger partial charge in [-0.3, -0.25) is 0 Å². The number of aliphatic hydroxyl groups is 1. The Bertz CT molecular complexity index is 1130. The van der Waals surface area contributed by atoms with Gasteiger partial charge in [-0.05, 0) is 71.8 Å². The first-order chi connectivity index (χ1) is 18.0. The molecule has 204 valence electrons. The minimum atomic E-state index is 0.0700. The normalized spacial score (nSPS) is 19.2. The van der Waals surface area contributed by atoms with E-state index in [9.17, 15) is 0 Å². The smallest absolute Gasteiger partial charge is 0.0615 e. The molecule has 0 bridgehead atoms. The van der Waals surface area contributed by atoms with E-state index in [1.807, 2.05) is 25.2 Å². The van der Waals surface area contributed by atoms with Gasteiger partial charge < -0.3 is 5.11 Å². The molecule has 0 atom stereocenters. The highest BCUT2D eigenvalue weighted by molar-refractivity contribution is 5.37. The van der Waals surface area contributed by atoms with E-state index in [-0.39, 0.29) is 12.0 Å². The van der Waals surface area contributed by atoms with Crippen LogP contribution in [0.5, 0.6) is 0 Å². The number of hydrogen-bond acceptors (Lipinski definition) is 1. The van der Waals surface area contributed by atoms with Crippen LogP contribution in [0.1, 0.15) is 74.7 Å². The van der Waals surface area contributed by atoms with Crippen molar-refractivity contribution in [3.63, 3.8) is 0 Å². The highest BCUT2D eigenvalue weighted by Gasteiger charge is 2.26. The number of rotatable bonds is 12. The summed E-state index contributed by atoms with van der Waals surface area (Å²) >= 11 is 0. The summed E-state index contributed by atoms with van der Waals surface area (Å²) in [6, 6.07) is 0. The van der Waals surface area contributed by atoms with Crippen molar-refractivity contribution in [1.82, 2.24) is 0 Å². The quantitative estimate of drug-likeness (QED) is 0.259. The Morgan fingerprint density at radius 3 is 1.53 bits per heavy atom. The average molecular weight is 511 g/mol. The largest absolute Gasteiger partial charge is 0.392 e. The van der Waals surface area contributed by atoms with E-state index in [0.717, 1.165) is 5.57 Å². The predicted molar refractivity (Wildman–Crippen MR) is 171 cm³/mol. The Labute approximate surface area is 233 Å². The van der Waals surface area contributed by atoms with Crippen LogP contribution in [0.2, 0.25) is 0 Å². The second-order valence-corrected chi connectivity index (χ2v) is 10.9. The molecule has 0 radical (unpaired) electrons. The average Bonchev–Trinajstić information content (AvgIpc) is 2.84. The van der Waals surface area contributed by atoms with Crippen molar-refractivity contribution in [2.75, 3.05) is 6.61 Å². The minimum Gasteiger partial charge on any atom is -0.392 e. The fourth-order valence-corrected chi connectivity index (χ4v) is 4.21. The Morgan fingerprint density at radius 2 is 1.08 bits per heavy atom. The van der Waals surface area contributed by atoms with E-state index in [2.05, 4.69) is 127 Å². The van der Waals surface area contributed by atoms with Crippen molar-refractivity contribution in [3.8, 4) is 0 Å².